The molecule has 7 heteroatoms. The highest BCUT2D eigenvalue weighted by atomic mass is 16.5. The van der Waals surface area contributed by atoms with E-state index in [-0.39, 0.29) is 12.1 Å². The van der Waals surface area contributed by atoms with E-state index in [1.54, 1.807) is 19.4 Å². The highest BCUT2D eigenvalue weighted by molar-refractivity contribution is 5.92. The van der Waals surface area contributed by atoms with E-state index in [4.69, 9.17) is 4.74 Å². The zero-order valence-corrected chi connectivity index (χ0v) is 14.5. The molecule has 3 rings (SSSR count). The Labute approximate surface area is 146 Å². The lowest BCUT2D eigenvalue weighted by Gasteiger charge is -2.11. The van der Waals surface area contributed by atoms with Gasteiger partial charge in [0.15, 0.2) is 0 Å². The van der Waals surface area contributed by atoms with Gasteiger partial charge in [0.25, 0.3) is 0 Å². The minimum Gasteiger partial charge on any atom is -0.481 e. The van der Waals surface area contributed by atoms with Crippen LogP contribution in [-0.4, -0.2) is 27.9 Å². The number of urea groups is 1. The maximum Gasteiger partial charge on any atom is 0.319 e. The van der Waals surface area contributed by atoms with Crippen molar-refractivity contribution < 1.29 is 9.53 Å². The van der Waals surface area contributed by atoms with Crippen LogP contribution < -0.4 is 15.4 Å². The van der Waals surface area contributed by atoms with Gasteiger partial charge in [-0.05, 0) is 38.1 Å². The van der Waals surface area contributed by atoms with Gasteiger partial charge in [-0.3, -0.25) is 4.68 Å². The largest absolute Gasteiger partial charge is 0.481 e. The molecule has 0 fully saturated rings. The monoisotopic (exact) mass is 339 g/mol. The van der Waals surface area contributed by atoms with Crippen molar-refractivity contribution in [1.82, 2.24) is 20.1 Å². The van der Waals surface area contributed by atoms with Crippen molar-refractivity contribution in [3.8, 4) is 5.88 Å². The molecule has 7 nitrogen and oxygen atoms in total. The number of pyridine rings is 1. The Balaban J connectivity index is 1.68. The average molecular weight is 339 g/mol. The maximum absolute atomic E-state index is 12.2. The van der Waals surface area contributed by atoms with Crippen LogP contribution in [0.25, 0.3) is 10.9 Å². The van der Waals surface area contributed by atoms with Gasteiger partial charge in [0.05, 0.1) is 18.8 Å². The Morgan fingerprint density at radius 1 is 1.32 bits per heavy atom. The SMILES string of the molecule is COc1ncccc1CNC(=O)Nc1ccc2cnn(C(C)C)c2c1. The van der Waals surface area contributed by atoms with Gasteiger partial charge in [0, 0.05) is 35.4 Å². The number of amides is 2. The van der Waals surface area contributed by atoms with Crippen molar-refractivity contribution in [3.63, 3.8) is 0 Å². The van der Waals surface area contributed by atoms with E-state index < -0.39 is 0 Å². The molecule has 0 saturated heterocycles. The fourth-order valence-corrected chi connectivity index (χ4v) is 2.62. The summed E-state index contributed by atoms with van der Waals surface area (Å²) in [4.78, 5) is 16.3. The number of aromatic nitrogens is 3. The first kappa shape index (κ1) is 16.8. The van der Waals surface area contributed by atoms with Gasteiger partial charge in [0.1, 0.15) is 0 Å². The number of nitrogens with zero attached hydrogens (tertiary/aromatic N) is 3. The quantitative estimate of drug-likeness (QED) is 0.747. The number of carbonyl (C=O) groups excluding carboxylic acids is 1. The van der Waals surface area contributed by atoms with E-state index in [0.29, 0.717) is 18.1 Å². The lowest BCUT2D eigenvalue weighted by Crippen LogP contribution is -2.28. The molecule has 0 bridgehead atoms. The summed E-state index contributed by atoms with van der Waals surface area (Å²) < 4.78 is 7.11. The van der Waals surface area contributed by atoms with Crippen molar-refractivity contribution in [2.24, 2.45) is 0 Å². The Morgan fingerprint density at radius 3 is 2.92 bits per heavy atom. The molecule has 2 N–H and O–H groups in total. The topological polar surface area (TPSA) is 81.1 Å². The molecule has 2 heterocycles. The molecule has 2 amide bonds. The van der Waals surface area contributed by atoms with Crippen molar-refractivity contribution >= 4 is 22.6 Å². The Morgan fingerprint density at radius 2 is 2.16 bits per heavy atom. The van der Waals surface area contributed by atoms with Crippen LogP contribution >= 0.6 is 0 Å². The van der Waals surface area contributed by atoms with Gasteiger partial charge in [0.2, 0.25) is 5.88 Å². The van der Waals surface area contributed by atoms with Gasteiger partial charge in [-0.25, -0.2) is 9.78 Å². The first-order chi connectivity index (χ1) is 12.1. The number of methoxy groups -OCH3 is 1. The van der Waals surface area contributed by atoms with Gasteiger partial charge >= 0.3 is 6.03 Å². The van der Waals surface area contributed by atoms with Crippen LogP contribution in [0.15, 0.2) is 42.7 Å². The molecule has 0 atom stereocenters. The molecule has 0 aliphatic carbocycles. The summed E-state index contributed by atoms with van der Waals surface area (Å²) in [7, 11) is 1.55. The summed E-state index contributed by atoms with van der Waals surface area (Å²) in [6.45, 7) is 4.47. The maximum atomic E-state index is 12.2. The molecule has 0 radical (unpaired) electrons. The molecule has 0 spiro atoms. The van der Waals surface area contributed by atoms with Crippen LogP contribution in [0.3, 0.4) is 0 Å². The molecule has 0 saturated carbocycles. The van der Waals surface area contributed by atoms with Crippen molar-refractivity contribution in [1.29, 1.82) is 0 Å². The third kappa shape index (κ3) is 3.71. The molecular formula is C18H21N5O2. The smallest absolute Gasteiger partial charge is 0.319 e. The number of carbonyl (C=O) groups is 1. The molecule has 2 aromatic heterocycles. The second-order valence-corrected chi connectivity index (χ2v) is 5.94. The molecule has 130 valence electrons. The average Bonchev–Trinajstić information content (AvgIpc) is 3.03. The predicted octanol–water partition coefficient (Wildman–Crippen LogP) is 3.34. The fraction of sp³-hybridized carbons (Fsp3) is 0.278. The second kappa shape index (κ2) is 7.21. The first-order valence-corrected chi connectivity index (χ1v) is 8.08. The van der Waals surface area contributed by atoms with E-state index >= 15 is 0 Å². The molecule has 1 aromatic carbocycles. The number of rotatable bonds is 5. The van der Waals surface area contributed by atoms with Crippen molar-refractivity contribution in [3.05, 3.63) is 48.3 Å². The molecule has 3 aromatic rings. The van der Waals surface area contributed by atoms with Gasteiger partial charge in [-0.15, -0.1) is 0 Å². The van der Waals surface area contributed by atoms with Crippen LogP contribution in [0.1, 0.15) is 25.5 Å². The summed E-state index contributed by atoms with van der Waals surface area (Å²) in [5.74, 6) is 0.505. The van der Waals surface area contributed by atoms with Crippen molar-refractivity contribution in [2.75, 3.05) is 12.4 Å². The summed E-state index contributed by atoms with van der Waals surface area (Å²) in [5.41, 5.74) is 2.51. The number of hydrogen-bond donors (Lipinski definition) is 2. The zero-order chi connectivity index (χ0) is 17.8. The van der Waals surface area contributed by atoms with Crippen LogP contribution in [0, 0.1) is 0 Å². The van der Waals surface area contributed by atoms with Crippen LogP contribution in [0.4, 0.5) is 10.5 Å². The number of hydrogen-bond acceptors (Lipinski definition) is 4. The van der Waals surface area contributed by atoms with Gasteiger partial charge in [-0.1, -0.05) is 6.07 Å². The van der Waals surface area contributed by atoms with Crippen LogP contribution in [0.5, 0.6) is 5.88 Å². The zero-order valence-electron chi connectivity index (χ0n) is 14.5. The van der Waals surface area contributed by atoms with E-state index in [1.807, 2.05) is 35.1 Å². The summed E-state index contributed by atoms with van der Waals surface area (Å²) in [6.07, 6.45) is 3.48. The molecular weight excluding hydrogens is 318 g/mol. The number of fused-ring (bicyclic) bond motifs is 1. The van der Waals surface area contributed by atoms with Gasteiger partial charge < -0.3 is 15.4 Å². The lowest BCUT2D eigenvalue weighted by molar-refractivity contribution is 0.251. The lowest BCUT2D eigenvalue weighted by atomic mass is 10.2. The third-order valence-electron chi connectivity index (χ3n) is 3.83. The fourth-order valence-electron chi connectivity index (χ4n) is 2.62. The highest BCUT2D eigenvalue weighted by Crippen LogP contribution is 2.21. The Bertz CT molecular complexity index is 888. The van der Waals surface area contributed by atoms with E-state index in [9.17, 15) is 4.79 Å². The predicted molar refractivity (Wildman–Crippen MR) is 96.8 cm³/mol. The first-order valence-electron chi connectivity index (χ1n) is 8.08. The minimum absolute atomic E-state index is 0.250. The van der Waals surface area contributed by atoms with E-state index in [1.165, 1.54) is 0 Å². The number of anilines is 1. The molecule has 0 aliphatic rings. The van der Waals surface area contributed by atoms with Crippen LogP contribution in [-0.2, 0) is 6.54 Å². The Hall–Kier alpha value is -3.09. The highest BCUT2D eigenvalue weighted by Gasteiger charge is 2.09. The van der Waals surface area contributed by atoms with Crippen LogP contribution in [0.2, 0.25) is 0 Å². The minimum atomic E-state index is -0.291. The Kier molecular flexibility index (Phi) is 4.83. The normalized spacial score (nSPS) is 10.9. The summed E-state index contributed by atoms with van der Waals surface area (Å²) in [6, 6.07) is 9.35. The van der Waals surface area contributed by atoms with Crippen molar-refractivity contribution in [2.45, 2.75) is 26.4 Å². The summed E-state index contributed by atoms with van der Waals surface area (Å²) in [5, 5.41) is 11.1. The number of nitrogens with one attached hydrogen (secondary N) is 2. The molecule has 25 heavy (non-hydrogen) atoms. The standard InChI is InChI=1S/C18H21N5O2/c1-12(2)23-16-9-15(7-6-13(16)11-21-23)22-18(24)20-10-14-5-4-8-19-17(14)25-3/h4-9,11-12H,10H2,1-3H3,(H2,20,22,24). The molecule has 0 aliphatic heterocycles. The van der Waals surface area contributed by atoms with E-state index in [0.717, 1.165) is 16.5 Å². The molecule has 0 unspecified atom stereocenters. The number of benzene rings is 1. The van der Waals surface area contributed by atoms with Gasteiger partial charge in [-0.2, -0.15) is 5.10 Å². The van der Waals surface area contributed by atoms with E-state index in [2.05, 4.69) is 34.6 Å². The number of ether oxygens (including phenoxy) is 1. The third-order valence-corrected chi connectivity index (χ3v) is 3.83. The summed E-state index contributed by atoms with van der Waals surface area (Å²) >= 11 is 0. The second-order valence-electron chi connectivity index (χ2n) is 5.94.